The predicted octanol–water partition coefficient (Wildman–Crippen LogP) is 3.61. The van der Waals surface area contributed by atoms with Gasteiger partial charge in [0.2, 0.25) is 0 Å². The van der Waals surface area contributed by atoms with E-state index in [1.165, 1.54) is 12.1 Å². The molecule has 27 heavy (non-hydrogen) atoms. The van der Waals surface area contributed by atoms with Gasteiger partial charge in [0.1, 0.15) is 11.4 Å². The van der Waals surface area contributed by atoms with Crippen molar-refractivity contribution in [3.8, 4) is 0 Å². The van der Waals surface area contributed by atoms with Gasteiger partial charge in [-0.3, -0.25) is 0 Å². The van der Waals surface area contributed by atoms with Crippen molar-refractivity contribution in [1.82, 2.24) is 15.1 Å². The summed E-state index contributed by atoms with van der Waals surface area (Å²) in [5.74, 6) is -0.292. The summed E-state index contributed by atoms with van der Waals surface area (Å²) in [4.78, 5) is 27.5. The topological polar surface area (TPSA) is 61.9 Å². The number of likely N-dealkylation sites (tertiary alicyclic amines) is 2. The van der Waals surface area contributed by atoms with Crippen molar-refractivity contribution in [2.24, 2.45) is 5.41 Å². The molecule has 6 nitrogen and oxygen atoms in total. The van der Waals surface area contributed by atoms with Crippen LogP contribution in [0.4, 0.5) is 14.0 Å². The molecule has 150 valence electrons. The van der Waals surface area contributed by atoms with Crippen LogP contribution in [-0.2, 0) is 11.3 Å². The minimum atomic E-state index is -0.494. The van der Waals surface area contributed by atoms with Crippen molar-refractivity contribution < 1.29 is 18.7 Å². The molecule has 0 aromatic heterocycles. The number of nitrogens with one attached hydrogen (secondary N) is 1. The van der Waals surface area contributed by atoms with Crippen LogP contribution in [0, 0.1) is 11.2 Å². The summed E-state index contributed by atoms with van der Waals surface area (Å²) >= 11 is 0. The first-order chi connectivity index (χ1) is 12.7. The van der Waals surface area contributed by atoms with E-state index >= 15 is 0 Å². The van der Waals surface area contributed by atoms with E-state index in [0.29, 0.717) is 32.7 Å². The molecular weight excluding hydrogens is 349 g/mol. The molecule has 0 bridgehead atoms. The summed E-state index contributed by atoms with van der Waals surface area (Å²) in [6.45, 7) is 12.4. The van der Waals surface area contributed by atoms with Gasteiger partial charge in [-0.15, -0.1) is 0 Å². The lowest BCUT2D eigenvalue weighted by Gasteiger charge is -2.59. The fraction of sp³-hybridized carbons (Fsp3) is 0.600. The van der Waals surface area contributed by atoms with Gasteiger partial charge in [0, 0.05) is 38.1 Å². The number of benzene rings is 1. The first kappa shape index (κ1) is 21.0. The second-order valence-corrected chi connectivity index (χ2v) is 7.98. The van der Waals surface area contributed by atoms with Crippen LogP contribution < -0.4 is 5.32 Å². The predicted molar refractivity (Wildman–Crippen MR) is 102 cm³/mol. The van der Waals surface area contributed by atoms with Gasteiger partial charge in [-0.25, -0.2) is 14.0 Å². The van der Waals surface area contributed by atoms with Gasteiger partial charge in [-0.2, -0.15) is 0 Å². The Labute approximate surface area is 160 Å². The molecule has 3 rings (SSSR count). The first-order valence-electron chi connectivity index (χ1n) is 9.41. The molecule has 2 saturated heterocycles. The molecule has 1 spiro atoms. The van der Waals surface area contributed by atoms with Gasteiger partial charge in [-0.05, 0) is 38.5 Å². The molecule has 2 heterocycles. The molecule has 2 aliphatic rings. The van der Waals surface area contributed by atoms with E-state index in [4.69, 9.17) is 4.74 Å². The van der Waals surface area contributed by atoms with Crippen molar-refractivity contribution in [2.45, 2.75) is 46.8 Å². The fourth-order valence-electron chi connectivity index (χ4n) is 3.22. The van der Waals surface area contributed by atoms with E-state index in [9.17, 15) is 14.0 Å². The van der Waals surface area contributed by atoms with Crippen molar-refractivity contribution in [2.75, 3.05) is 26.2 Å². The number of ether oxygens (including phenoxy) is 1. The van der Waals surface area contributed by atoms with E-state index in [-0.39, 0.29) is 23.4 Å². The molecule has 1 N–H and O–H groups in total. The Morgan fingerprint density at radius 2 is 1.59 bits per heavy atom. The van der Waals surface area contributed by atoms with Gasteiger partial charge >= 0.3 is 12.1 Å². The Balaban J connectivity index is 0.00000126. The van der Waals surface area contributed by atoms with Crippen LogP contribution in [0.15, 0.2) is 24.3 Å². The van der Waals surface area contributed by atoms with Crippen LogP contribution in [0.5, 0.6) is 0 Å². The summed E-state index contributed by atoms with van der Waals surface area (Å²) < 4.78 is 18.2. The maximum absolute atomic E-state index is 12.9. The number of hydrogen-bond donors (Lipinski definition) is 1. The number of hydrogen-bond acceptors (Lipinski definition) is 3. The quantitative estimate of drug-likeness (QED) is 0.854. The summed E-state index contributed by atoms with van der Waals surface area (Å²) in [6, 6.07) is 5.92. The normalized spacial score (nSPS) is 17.3. The molecule has 1 aromatic rings. The molecule has 0 atom stereocenters. The zero-order valence-corrected chi connectivity index (χ0v) is 16.8. The van der Waals surface area contributed by atoms with Gasteiger partial charge < -0.3 is 19.9 Å². The molecule has 2 fully saturated rings. The molecule has 0 saturated carbocycles. The minimum Gasteiger partial charge on any atom is -0.444 e. The number of rotatable bonds is 2. The summed E-state index contributed by atoms with van der Waals surface area (Å²) in [6.07, 6.45) is -0.294. The number of halogens is 1. The number of carbonyl (C=O) groups is 2. The van der Waals surface area contributed by atoms with Crippen molar-refractivity contribution in [3.63, 3.8) is 0 Å². The standard InChI is InChI=1S/C18H24FN3O3.C2H6/c1-17(2,3)25-16(24)22-11-18(12-22)9-21(10-18)15(23)20-8-13-4-6-14(19)7-5-13;1-2/h4-7H,8-12H2,1-3H3,(H,20,23);1-2H3. The molecule has 0 aliphatic carbocycles. The maximum Gasteiger partial charge on any atom is 0.410 e. The highest BCUT2D eigenvalue weighted by atomic mass is 19.1. The van der Waals surface area contributed by atoms with Crippen molar-refractivity contribution in [3.05, 3.63) is 35.6 Å². The van der Waals surface area contributed by atoms with E-state index in [1.54, 1.807) is 21.9 Å². The Bertz CT molecular complexity index is 656. The second kappa shape index (κ2) is 8.15. The second-order valence-electron chi connectivity index (χ2n) is 7.98. The van der Waals surface area contributed by atoms with E-state index < -0.39 is 5.60 Å². The Hall–Kier alpha value is -2.31. The fourth-order valence-corrected chi connectivity index (χ4v) is 3.22. The SMILES string of the molecule is CC.CC(C)(C)OC(=O)N1CC2(CN(C(=O)NCc3ccc(F)cc3)C2)C1. The molecular formula is C20H30FN3O3. The van der Waals surface area contributed by atoms with E-state index in [1.807, 2.05) is 34.6 Å². The third-order valence-corrected chi connectivity index (χ3v) is 4.40. The lowest BCUT2D eigenvalue weighted by molar-refractivity contribution is -0.0951. The summed E-state index contributed by atoms with van der Waals surface area (Å²) in [5.41, 5.74) is 0.375. The highest BCUT2D eigenvalue weighted by molar-refractivity contribution is 5.76. The smallest absolute Gasteiger partial charge is 0.410 e. The zero-order valence-electron chi connectivity index (χ0n) is 16.8. The van der Waals surface area contributed by atoms with E-state index in [0.717, 1.165) is 5.56 Å². The molecule has 3 amide bonds. The van der Waals surface area contributed by atoms with Crippen LogP contribution in [0.1, 0.15) is 40.2 Å². The maximum atomic E-state index is 12.9. The average molecular weight is 379 g/mol. The summed E-state index contributed by atoms with van der Waals surface area (Å²) in [7, 11) is 0. The van der Waals surface area contributed by atoms with Gasteiger partial charge in [-0.1, -0.05) is 26.0 Å². The number of urea groups is 1. The van der Waals surface area contributed by atoms with E-state index in [2.05, 4.69) is 5.32 Å². The third kappa shape index (κ3) is 5.34. The lowest BCUT2D eigenvalue weighted by atomic mass is 9.73. The highest BCUT2D eigenvalue weighted by Crippen LogP contribution is 2.40. The monoisotopic (exact) mass is 379 g/mol. The molecule has 0 radical (unpaired) electrons. The van der Waals surface area contributed by atoms with Crippen molar-refractivity contribution >= 4 is 12.1 Å². The molecule has 1 aromatic carbocycles. The minimum absolute atomic E-state index is 0.0180. The molecule has 0 unspecified atom stereocenters. The first-order valence-corrected chi connectivity index (χ1v) is 9.41. The van der Waals surface area contributed by atoms with Crippen molar-refractivity contribution in [1.29, 1.82) is 0 Å². The number of carbonyl (C=O) groups excluding carboxylic acids is 2. The highest BCUT2D eigenvalue weighted by Gasteiger charge is 2.55. The summed E-state index contributed by atoms with van der Waals surface area (Å²) in [5, 5.41) is 2.83. The molecule has 7 heteroatoms. The Kier molecular flexibility index (Phi) is 6.34. The lowest BCUT2D eigenvalue weighted by Crippen LogP contribution is -2.74. The number of nitrogens with zero attached hydrogens (tertiary/aromatic N) is 2. The third-order valence-electron chi connectivity index (χ3n) is 4.40. The Morgan fingerprint density at radius 3 is 2.11 bits per heavy atom. The van der Waals surface area contributed by atoms with Crippen LogP contribution in [-0.4, -0.2) is 53.7 Å². The largest absolute Gasteiger partial charge is 0.444 e. The van der Waals surface area contributed by atoms with Gasteiger partial charge in [0.25, 0.3) is 0 Å². The van der Waals surface area contributed by atoms with Crippen LogP contribution >= 0.6 is 0 Å². The Morgan fingerprint density at radius 1 is 1.07 bits per heavy atom. The van der Waals surface area contributed by atoms with Gasteiger partial charge in [0.15, 0.2) is 0 Å². The van der Waals surface area contributed by atoms with Crippen LogP contribution in [0.2, 0.25) is 0 Å². The van der Waals surface area contributed by atoms with Gasteiger partial charge in [0.05, 0.1) is 0 Å². The number of amides is 3. The average Bonchev–Trinajstić information content (AvgIpc) is 2.52. The molecule has 2 aliphatic heterocycles. The van der Waals surface area contributed by atoms with Crippen LogP contribution in [0.25, 0.3) is 0 Å². The zero-order chi connectivity index (χ0) is 20.2. The van der Waals surface area contributed by atoms with Crippen LogP contribution in [0.3, 0.4) is 0 Å².